The Balaban J connectivity index is 1.14. The minimum atomic E-state index is -2.62. The van der Waals surface area contributed by atoms with Crippen LogP contribution in [0.3, 0.4) is 0 Å². The van der Waals surface area contributed by atoms with Crippen LogP contribution in [0.4, 0.5) is 10.1 Å². The van der Waals surface area contributed by atoms with Crippen molar-refractivity contribution in [3.8, 4) is 17.2 Å². The molecule has 0 unspecified atom stereocenters. The highest BCUT2D eigenvalue weighted by Crippen LogP contribution is 2.48. The summed E-state index contributed by atoms with van der Waals surface area (Å²) < 4.78 is 42.1. The van der Waals surface area contributed by atoms with Crippen LogP contribution in [0.15, 0.2) is 71.8 Å². The number of imidazole rings is 1. The molecule has 13 heteroatoms. The van der Waals surface area contributed by atoms with E-state index in [1.165, 1.54) is 5.56 Å². The van der Waals surface area contributed by atoms with E-state index in [-0.39, 0.29) is 29.1 Å². The topological polar surface area (TPSA) is 108 Å². The Labute approximate surface area is 363 Å². The Morgan fingerprint density at radius 1 is 0.984 bits per heavy atom. The van der Waals surface area contributed by atoms with E-state index in [1.807, 2.05) is 43.9 Å². The van der Waals surface area contributed by atoms with Crippen LogP contribution in [0.5, 0.6) is 0 Å². The largest absolute Gasteiger partial charge is 0.387 e. The maximum atomic E-state index is 15.2. The highest BCUT2D eigenvalue weighted by Gasteiger charge is 2.41. The molecule has 62 heavy (non-hydrogen) atoms. The summed E-state index contributed by atoms with van der Waals surface area (Å²) in [5.41, 5.74) is 6.98. The summed E-state index contributed by atoms with van der Waals surface area (Å²) >= 11 is 0. The maximum absolute atomic E-state index is 15.2. The first-order valence-electron chi connectivity index (χ1n) is 22.3. The van der Waals surface area contributed by atoms with Crippen molar-refractivity contribution in [1.29, 1.82) is 0 Å². The van der Waals surface area contributed by atoms with Crippen LogP contribution >= 0.6 is 7.14 Å². The molecule has 2 fully saturated rings. The molecule has 1 aliphatic carbocycles. The van der Waals surface area contributed by atoms with Crippen LogP contribution in [0.1, 0.15) is 117 Å². The number of hydrogen-bond donors (Lipinski definition) is 1. The molecular weight excluding hydrogens is 801 g/mol. The summed E-state index contributed by atoms with van der Waals surface area (Å²) in [6, 6.07) is 17.7. The third-order valence-corrected chi connectivity index (χ3v) is 17.3. The second-order valence-electron chi connectivity index (χ2n) is 18.5. The standard InChI is InChI=1S/C49H59FN7O4P/c1-10-62(60,11-2)43-15-13-36(27-39(43)51-9)54-19-20-55(48(54)59)46-44-32(6)53(18-16-38(44)52-57(46)37-22-30(4)45(50)31(5)23-37)47(58)42-26-35-25-33(34-17-21-61-49(7,8)28-34)12-14-40(35)56(42)41-24-29(41)3/h12-15,19-20,22-23,25-27,29,32,34,41,51H,10-11,16-18,21,24,28H2,1-9H3/t29-,32-,34-,41-/m0/s1. The van der Waals surface area contributed by atoms with E-state index in [0.717, 1.165) is 59.0 Å². The van der Waals surface area contributed by atoms with Crippen molar-refractivity contribution < 1.29 is 18.5 Å². The number of ether oxygens (including phenoxy) is 1. The maximum Gasteiger partial charge on any atom is 0.338 e. The van der Waals surface area contributed by atoms with Crippen LogP contribution in [-0.2, 0) is 15.7 Å². The van der Waals surface area contributed by atoms with Gasteiger partial charge in [0.05, 0.1) is 28.7 Å². The molecule has 3 aromatic heterocycles. The number of anilines is 1. The minimum absolute atomic E-state index is 0.0552. The molecule has 1 amide bonds. The van der Waals surface area contributed by atoms with Crippen molar-refractivity contribution in [2.24, 2.45) is 5.92 Å². The molecule has 1 saturated carbocycles. The van der Waals surface area contributed by atoms with Crippen LogP contribution < -0.4 is 16.3 Å². The second-order valence-corrected chi connectivity index (χ2v) is 22.0. The normalized spacial score (nSPS) is 21.0. The Kier molecular flexibility index (Phi) is 10.6. The Hall–Kier alpha value is -5.19. The average molecular weight is 860 g/mol. The minimum Gasteiger partial charge on any atom is -0.387 e. The Bertz CT molecular complexity index is 2830. The van der Waals surface area contributed by atoms with Gasteiger partial charge in [0.2, 0.25) is 0 Å². The third-order valence-electron chi connectivity index (χ3n) is 14.0. The number of nitrogens with one attached hydrogen (secondary N) is 1. The van der Waals surface area contributed by atoms with Crippen molar-refractivity contribution >= 4 is 34.9 Å². The molecule has 2 aliphatic heterocycles. The first-order chi connectivity index (χ1) is 29.6. The second kappa shape index (κ2) is 15.6. The molecule has 5 heterocycles. The number of nitrogens with zero attached hydrogens (tertiary/aromatic N) is 6. The first-order valence-corrected chi connectivity index (χ1v) is 24.4. The summed E-state index contributed by atoms with van der Waals surface area (Å²) in [4.78, 5) is 31.8. The Morgan fingerprint density at radius 3 is 2.35 bits per heavy atom. The van der Waals surface area contributed by atoms with E-state index in [9.17, 15) is 9.36 Å². The van der Waals surface area contributed by atoms with E-state index in [0.29, 0.717) is 71.1 Å². The fraction of sp³-hybridized carbons (Fsp3) is 0.449. The number of carbonyl (C=O) groups excluding carboxylic acids is 1. The van der Waals surface area contributed by atoms with Crippen LogP contribution in [0, 0.1) is 25.6 Å². The van der Waals surface area contributed by atoms with Gasteiger partial charge in [0.15, 0.2) is 0 Å². The predicted molar refractivity (Wildman–Crippen MR) is 246 cm³/mol. The number of aryl methyl sites for hydroxylation is 2. The Morgan fingerprint density at radius 2 is 1.69 bits per heavy atom. The van der Waals surface area contributed by atoms with Gasteiger partial charge in [-0.15, -0.1) is 0 Å². The van der Waals surface area contributed by atoms with Crippen LogP contribution in [-0.4, -0.2) is 72.4 Å². The molecule has 4 atom stereocenters. The number of fused-ring (bicyclic) bond motifs is 2. The van der Waals surface area contributed by atoms with Gasteiger partial charge in [-0.05, 0) is 131 Å². The lowest BCUT2D eigenvalue weighted by molar-refractivity contribution is -0.0592. The molecule has 3 aromatic carbocycles. The molecule has 0 radical (unpaired) electrons. The van der Waals surface area contributed by atoms with E-state index < -0.39 is 13.2 Å². The summed E-state index contributed by atoms with van der Waals surface area (Å²) in [5, 5.41) is 10.2. The first kappa shape index (κ1) is 42.1. The fourth-order valence-electron chi connectivity index (χ4n) is 10.3. The molecule has 3 aliphatic rings. The van der Waals surface area contributed by atoms with Gasteiger partial charge in [-0.25, -0.2) is 13.9 Å². The summed E-state index contributed by atoms with van der Waals surface area (Å²) in [5.74, 6) is 1.01. The lowest BCUT2D eigenvalue weighted by atomic mass is 9.83. The van der Waals surface area contributed by atoms with Gasteiger partial charge in [-0.2, -0.15) is 5.10 Å². The van der Waals surface area contributed by atoms with E-state index in [1.54, 1.807) is 59.2 Å². The molecule has 1 N–H and O–H groups in total. The van der Waals surface area contributed by atoms with Crippen molar-refractivity contribution in [1.82, 2.24) is 28.4 Å². The van der Waals surface area contributed by atoms with Crippen molar-refractivity contribution in [3.05, 3.63) is 117 Å². The zero-order chi connectivity index (χ0) is 44.0. The SMILES string of the molecule is CCP(=O)(CC)c1ccc(-n2ccn(-c3c4c(nn3-c3cc(C)c(F)c(C)c3)CCN(C(=O)c3cc5cc([C@H]6CCOC(C)(C)C6)ccc5n3[C@H]3C[C@@H]3C)[C@H]4C)c2=O)cc1NC. The molecule has 0 bridgehead atoms. The molecule has 326 valence electrons. The lowest BCUT2D eigenvalue weighted by Gasteiger charge is -2.35. The number of rotatable bonds is 10. The number of hydrogen-bond acceptors (Lipinski definition) is 6. The molecule has 0 spiro atoms. The van der Waals surface area contributed by atoms with Crippen molar-refractivity contribution in [2.75, 3.05) is 37.8 Å². The summed E-state index contributed by atoms with van der Waals surface area (Å²) in [6.45, 7) is 17.1. The van der Waals surface area contributed by atoms with Gasteiger partial charge >= 0.3 is 5.69 Å². The fourth-order valence-corrected chi connectivity index (χ4v) is 12.4. The van der Waals surface area contributed by atoms with Gasteiger partial charge in [0.25, 0.3) is 5.91 Å². The smallest absolute Gasteiger partial charge is 0.338 e. The van der Waals surface area contributed by atoms with Gasteiger partial charge < -0.3 is 24.1 Å². The molecule has 6 aromatic rings. The average Bonchev–Trinajstić information content (AvgIpc) is 3.53. The molecule has 1 saturated heterocycles. The predicted octanol–water partition coefficient (Wildman–Crippen LogP) is 9.61. The van der Waals surface area contributed by atoms with Crippen molar-refractivity contribution in [2.45, 2.75) is 105 Å². The van der Waals surface area contributed by atoms with Crippen LogP contribution in [0.2, 0.25) is 0 Å². The molecular formula is C49H59FN7O4P. The quantitative estimate of drug-likeness (QED) is 0.138. The highest BCUT2D eigenvalue weighted by atomic mass is 31.2. The number of halogens is 1. The van der Waals surface area contributed by atoms with E-state index in [2.05, 4.69) is 54.9 Å². The lowest BCUT2D eigenvalue weighted by Crippen LogP contribution is -2.40. The zero-order valence-corrected chi connectivity index (χ0v) is 38.4. The monoisotopic (exact) mass is 859 g/mol. The van der Waals surface area contributed by atoms with Crippen LogP contribution in [0.25, 0.3) is 28.1 Å². The van der Waals surface area contributed by atoms with Gasteiger partial charge in [-0.3, -0.25) is 13.9 Å². The van der Waals surface area contributed by atoms with Gasteiger partial charge in [0, 0.05) is 84.8 Å². The van der Waals surface area contributed by atoms with E-state index >= 15 is 9.18 Å². The van der Waals surface area contributed by atoms with Gasteiger partial charge in [-0.1, -0.05) is 26.8 Å². The molecule has 9 rings (SSSR count). The highest BCUT2D eigenvalue weighted by molar-refractivity contribution is 7.71. The number of benzene rings is 3. The molecule has 11 nitrogen and oxygen atoms in total. The van der Waals surface area contributed by atoms with E-state index in [4.69, 9.17) is 9.84 Å². The van der Waals surface area contributed by atoms with Crippen molar-refractivity contribution in [3.63, 3.8) is 0 Å². The number of aromatic nitrogens is 5. The number of amides is 1. The summed E-state index contributed by atoms with van der Waals surface area (Å²) in [7, 11) is -0.816. The number of carbonyl (C=O) groups is 1. The zero-order valence-electron chi connectivity index (χ0n) is 37.5. The third kappa shape index (κ3) is 6.98. The summed E-state index contributed by atoms with van der Waals surface area (Å²) in [6.07, 6.45) is 7.95. The van der Waals surface area contributed by atoms with Gasteiger partial charge in [0.1, 0.15) is 24.5 Å².